The molecule has 0 spiro atoms. The van der Waals surface area contributed by atoms with E-state index < -0.39 is 40.0 Å². The number of hydrogen-bond acceptors (Lipinski definition) is 7. The molecule has 8 unspecified atom stereocenters. The van der Waals surface area contributed by atoms with Gasteiger partial charge in [0, 0.05) is 23.2 Å². The monoisotopic (exact) mass is 490 g/mol. The number of aliphatic hydroxyl groups excluding tert-OH is 2. The van der Waals surface area contributed by atoms with Gasteiger partial charge in [-0.1, -0.05) is 26.8 Å². The first-order valence-electron chi connectivity index (χ1n) is 13.6. The Morgan fingerprint density at radius 1 is 1.17 bits per heavy atom. The average molecular weight is 491 g/mol. The van der Waals surface area contributed by atoms with Crippen molar-refractivity contribution in [1.29, 1.82) is 0 Å². The molecule has 0 aromatic rings. The lowest BCUT2D eigenvalue weighted by molar-refractivity contribution is -0.252. The zero-order valence-electron chi connectivity index (χ0n) is 22.1. The lowest BCUT2D eigenvalue weighted by Gasteiger charge is -2.64. The number of carbonyl (C=O) groups excluding carboxylic acids is 2. The van der Waals surface area contributed by atoms with Crippen LogP contribution < -0.4 is 5.32 Å². The van der Waals surface area contributed by atoms with Crippen LogP contribution in [-0.2, 0) is 14.3 Å². The maximum atomic E-state index is 13.5. The van der Waals surface area contributed by atoms with Crippen LogP contribution in [0.5, 0.6) is 0 Å². The van der Waals surface area contributed by atoms with E-state index in [9.17, 15) is 19.8 Å². The Bertz CT molecular complexity index is 841. The number of ketones is 1. The van der Waals surface area contributed by atoms with Crippen molar-refractivity contribution in [3.8, 4) is 0 Å². The van der Waals surface area contributed by atoms with Gasteiger partial charge in [0.25, 0.3) is 0 Å². The van der Waals surface area contributed by atoms with Gasteiger partial charge in [-0.05, 0) is 83.0 Å². The molecule has 4 fully saturated rings. The van der Waals surface area contributed by atoms with Crippen molar-refractivity contribution in [2.24, 2.45) is 28.1 Å². The van der Waals surface area contributed by atoms with Gasteiger partial charge in [0.15, 0.2) is 0 Å². The van der Waals surface area contributed by atoms with Gasteiger partial charge >= 0.3 is 5.97 Å². The lowest BCUT2D eigenvalue weighted by atomic mass is 9.42. The molecule has 3 saturated carbocycles. The second kappa shape index (κ2) is 9.55. The first-order chi connectivity index (χ1) is 16.4. The summed E-state index contributed by atoms with van der Waals surface area (Å²) in [5.74, 6) is -0.743. The topological polar surface area (TPSA) is 99.1 Å². The van der Waals surface area contributed by atoms with Crippen LogP contribution in [0.25, 0.3) is 0 Å². The Balaban J connectivity index is 1.67. The van der Waals surface area contributed by atoms with Crippen molar-refractivity contribution in [2.75, 3.05) is 32.7 Å². The molecule has 1 aliphatic heterocycles. The van der Waals surface area contributed by atoms with Gasteiger partial charge in [-0.15, -0.1) is 6.58 Å². The van der Waals surface area contributed by atoms with Crippen molar-refractivity contribution >= 4 is 11.8 Å². The summed E-state index contributed by atoms with van der Waals surface area (Å²) in [5.41, 5.74) is -3.05. The molecule has 4 rings (SSSR count). The van der Waals surface area contributed by atoms with E-state index in [-0.39, 0.29) is 30.6 Å². The molecule has 1 saturated heterocycles. The summed E-state index contributed by atoms with van der Waals surface area (Å²) in [5, 5.41) is 26.7. The third-order valence-electron chi connectivity index (χ3n) is 10.7. The maximum Gasteiger partial charge on any atom is 0.320 e. The summed E-state index contributed by atoms with van der Waals surface area (Å²) in [4.78, 5) is 29.0. The number of aliphatic hydroxyl groups is 2. The van der Waals surface area contributed by atoms with Crippen molar-refractivity contribution < 1.29 is 24.5 Å². The number of rotatable bonds is 4. The van der Waals surface area contributed by atoms with E-state index in [2.05, 4.69) is 23.7 Å². The minimum Gasteiger partial charge on any atom is -0.458 e. The number of nitrogens with zero attached hydrogens (tertiary/aromatic N) is 1. The number of Topliss-reactive ketones (excluding diaryl/α,β-unsaturated/α-hetero) is 1. The lowest BCUT2D eigenvalue weighted by Crippen LogP contribution is -2.69. The zero-order valence-corrected chi connectivity index (χ0v) is 22.1. The molecular weight excluding hydrogens is 444 g/mol. The molecule has 0 radical (unpaired) electrons. The first-order valence-corrected chi connectivity index (χ1v) is 13.6. The van der Waals surface area contributed by atoms with Crippen molar-refractivity contribution in [3.05, 3.63) is 12.7 Å². The molecule has 0 aromatic carbocycles. The molecule has 7 heteroatoms. The summed E-state index contributed by atoms with van der Waals surface area (Å²) in [7, 11) is 0. The molecule has 35 heavy (non-hydrogen) atoms. The molecule has 3 N–H and O–H groups in total. The van der Waals surface area contributed by atoms with E-state index in [1.807, 2.05) is 20.8 Å². The Morgan fingerprint density at radius 2 is 1.83 bits per heavy atom. The molecular formula is C28H46N2O5. The summed E-state index contributed by atoms with van der Waals surface area (Å²) >= 11 is 0. The highest BCUT2D eigenvalue weighted by Gasteiger charge is 2.72. The quantitative estimate of drug-likeness (QED) is 0.412. The Morgan fingerprint density at radius 3 is 2.46 bits per heavy atom. The predicted molar refractivity (Wildman–Crippen MR) is 135 cm³/mol. The highest BCUT2D eigenvalue weighted by Crippen LogP contribution is 2.69. The number of carbonyl (C=O) groups is 2. The van der Waals surface area contributed by atoms with E-state index in [0.29, 0.717) is 25.7 Å². The van der Waals surface area contributed by atoms with Gasteiger partial charge in [-0.2, -0.15) is 0 Å². The summed E-state index contributed by atoms with van der Waals surface area (Å²) in [6.07, 6.45) is 4.77. The molecule has 2 bridgehead atoms. The summed E-state index contributed by atoms with van der Waals surface area (Å²) < 4.78 is 6.33. The Hall–Kier alpha value is -1.28. The largest absolute Gasteiger partial charge is 0.458 e. The Labute approximate surface area is 210 Å². The van der Waals surface area contributed by atoms with Crippen LogP contribution in [0.3, 0.4) is 0 Å². The SMILES string of the molecule is C=CC1(C)CC(O)C2(C)C3C(=O)CCC3(CCC2(C)OC(=O)CN2CCCNCCC2)C(C)C1O. The van der Waals surface area contributed by atoms with Crippen LogP contribution >= 0.6 is 0 Å². The van der Waals surface area contributed by atoms with E-state index in [1.165, 1.54) is 0 Å². The van der Waals surface area contributed by atoms with E-state index in [1.54, 1.807) is 6.08 Å². The smallest absolute Gasteiger partial charge is 0.320 e. The van der Waals surface area contributed by atoms with E-state index >= 15 is 0 Å². The van der Waals surface area contributed by atoms with E-state index in [0.717, 1.165) is 39.0 Å². The molecule has 1 heterocycles. The molecule has 0 aromatic heterocycles. The van der Waals surface area contributed by atoms with Gasteiger partial charge in [0.2, 0.25) is 0 Å². The van der Waals surface area contributed by atoms with Crippen LogP contribution in [0.15, 0.2) is 12.7 Å². The fourth-order valence-corrected chi connectivity index (χ4v) is 8.19. The predicted octanol–water partition coefficient (Wildman–Crippen LogP) is 2.69. The van der Waals surface area contributed by atoms with Crippen LogP contribution in [0, 0.1) is 28.1 Å². The third kappa shape index (κ3) is 4.20. The van der Waals surface area contributed by atoms with Crippen LogP contribution in [0.2, 0.25) is 0 Å². The van der Waals surface area contributed by atoms with Gasteiger partial charge in [-0.3, -0.25) is 14.5 Å². The Kier molecular flexibility index (Phi) is 7.30. The van der Waals surface area contributed by atoms with Gasteiger partial charge in [0.05, 0.1) is 18.8 Å². The first kappa shape index (κ1) is 26.8. The summed E-state index contributed by atoms with van der Waals surface area (Å²) in [6, 6.07) is 0. The van der Waals surface area contributed by atoms with Gasteiger partial charge in [-0.25, -0.2) is 0 Å². The van der Waals surface area contributed by atoms with E-state index in [4.69, 9.17) is 4.74 Å². The van der Waals surface area contributed by atoms with Crippen LogP contribution in [-0.4, -0.2) is 77.4 Å². The maximum absolute atomic E-state index is 13.5. The second-order valence-corrected chi connectivity index (χ2v) is 12.5. The van der Waals surface area contributed by atoms with Crippen molar-refractivity contribution in [3.63, 3.8) is 0 Å². The third-order valence-corrected chi connectivity index (χ3v) is 10.7. The number of ether oxygens (including phenoxy) is 1. The second-order valence-electron chi connectivity index (χ2n) is 12.5. The minimum atomic E-state index is -0.980. The average Bonchev–Trinajstić information content (AvgIpc) is 3.14. The zero-order chi connectivity index (χ0) is 25.6. The highest BCUT2D eigenvalue weighted by atomic mass is 16.6. The molecule has 0 amide bonds. The van der Waals surface area contributed by atoms with Crippen molar-refractivity contribution in [1.82, 2.24) is 10.2 Å². The molecule has 3 aliphatic carbocycles. The number of esters is 1. The molecule has 198 valence electrons. The summed E-state index contributed by atoms with van der Waals surface area (Å²) in [6.45, 7) is 15.7. The fraction of sp³-hybridized carbons (Fsp3) is 0.857. The number of nitrogens with one attached hydrogen (secondary N) is 1. The molecule has 7 nitrogen and oxygen atoms in total. The fourth-order valence-electron chi connectivity index (χ4n) is 8.19. The van der Waals surface area contributed by atoms with Crippen LogP contribution in [0.1, 0.15) is 72.6 Å². The molecule has 4 aliphatic rings. The standard InChI is InChI=1S/C28H46N2O5/c1-6-25(3)17-21(32)27(5)23-20(31)9-10-28(23,19(2)24(25)34)12-11-26(27,4)35-22(33)18-30-15-7-13-29-14-8-16-30/h6,19,21,23-24,29,32,34H,1,7-18H2,2-5H3. The normalized spacial score (nSPS) is 47.1. The highest BCUT2D eigenvalue weighted by molar-refractivity contribution is 5.86. The number of hydrogen-bond donors (Lipinski definition) is 3. The molecule has 8 atom stereocenters. The van der Waals surface area contributed by atoms with Crippen molar-refractivity contribution in [2.45, 2.75) is 90.4 Å². The van der Waals surface area contributed by atoms with Gasteiger partial charge < -0.3 is 20.3 Å². The van der Waals surface area contributed by atoms with Crippen LogP contribution in [0.4, 0.5) is 0 Å². The minimum absolute atomic E-state index is 0.131. The van der Waals surface area contributed by atoms with Gasteiger partial charge in [0.1, 0.15) is 11.4 Å².